The van der Waals surface area contributed by atoms with Gasteiger partial charge in [-0.1, -0.05) is 23.7 Å². The number of hydrogen-bond acceptors (Lipinski definition) is 1. The van der Waals surface area contributed by atoms with Gasteiger partial charge < -0.3 is 10.1 Å². The van der Waals surface area contributed by atoms with Crippen LogP contribution in [0.1, 0.15) is 16.1 Å². The molecule has 1 aromatic heterocycles. The molecule has 8 heteroatoms. The number of rotatable bonds is 2. The second kappa shape index (κ2) is 5.14. The Morgan fingerprint density at radius 1 is 1.25 bits per heavy atom. The molecule has 0 fully saturated rings. The lowest BCUT2D eigenvalue weighted by Gasteiger charge is -2.03. The number of carboxylic acids is 1. The standard InChI is InChI=1S/C12H6BrClF3NO2/c13-8-7(11(19)20)9(18-10(8)12(15,16)17)5-1-3-6(14)4-2-5/h1-4,18H,(H,19,20). The van der Waals surface area contributed by atoms with Gasteiger partial charge in [0.25, 0.3) is 0 Å². The summed E-state index contributed by atoms with van der Waals surface area (Å²) in [5.74, 6) is -1.46. The molecule has 0 atom stereocenters. The molecular weight excluding hydrogens is 362 g/mol. The van der Waals surface area contributed by atoms with Crippen LogP contribution >= 0.6 is 27.5 Å². The van der Waals surface area contributed by atoms with Gasteiger partial charge in [0.15, 0.2) is 0 Å². The maximum absolute atomic E-state index is 12.8. The van der Waals surface area contributed by atoms with E-state index in [-0.39, 0.29) is 5.69 Å². The van der Waals surface area contributed by atoms with Crippen LogP contribution in [0.3, 0.4) is 0 Å². The van der Waals surface area contributed by atoms with Crippen molar-refractivity contribution < 1.29 is 23.1 Å². The molecule has 20 heavy (non-hydrogen) atoms. The van der Waals surface area contributed by atoms with E-state index in [4.69, 9.17) is 16.7 Å². The third-order valence-corrected chi connectivity index (χ3v) is 3.61. The number of alkyl halides is 3. The zero-order chi connectivity index (χ0) is 15.1. The van der Waals surface area contributed by atoms with E-state index in [1.807, 2.05) is 0 Å². The first-order valence-electron chi connectivity index (χ1n) is 5.19. The molecule has 0 spiro atoms. The first kappa shape index (κ1) is 14.9. The van der Waals surface area contributed by atoms with Crippen LogP contribution in [0, 0.1) is 0 Å². The van der Waals surface area contributed by atoms with Crippen molar-refractivity contribution in [3.63, 3.8) is 0 Å². The van der Waals surface area contributed by atoms with Gasteiger partial charge in [0.2, 0.25) is 0 Å². The summed E-state index contributed by atoms with van der Waals surface area (Å²) < 4.78 is 37.9. The topological polar surface area (TPSA) is 53.1 Å². The first-order chi connectivity index (χ1) is 9.21. The zero-order valence-electron chi connectivity index (χ0n) is 9.55. The van der Waals surface area contributed by atoms with Crippen LogP contribution in [-0.4, -0.2) is 16.1 Å². The zero-order valence-corrected chi connectivity index (χ0v) is 11.9. The van der Waals surface area contributed by atoms with Gasteiger partial charge in [-0.15, -0.1) is 0 Å². The van der Waals surface area contributed by atoms with Crippen LogP contribution in [0.5, 0.6) is 0 Å². The number of aromatic amines is 1. The summed E-state index contributed by atoms with van der Waals surface area (Å²) >= 11 is 8.39. The number of aromatic carboxylic acids is 1. The fourth-order valence-corrected chi connectivity index (χ4v) is 2.52. The molecule has 0 aliphatic rings. The molecule has 0 bridgehead atoms. The molecule has 3 nitrogen and oxygen atoms in total. The number of benzene rings is 1. The van der Waals surface area contributed by atoms with E-state index in [2.05, 4.69) is 20.9 Å². The maximum atomic E-state index is 12.8. The van der Waals surface area contributed by atoms with Crippen LogP contribution in [-0.2, 0) is 6.18 Å². The van der Waals surface area contributed by atoms with Gasteiger partial charge in [0, 0.05) is 5.02 Å². The minimum Gasteiger partial charge on any atom is -0.478 e. The SMILES string of the molecule is O=C(O)c1c(-c2ccc(Cl)cc2)[nH]c(C(F)(F)F)c1Br. The second-order valence-corrected chi connectivity index (χ2v) is 5.10. The van der Waals surface area contributed by atoms with Crippen molar-refractivity contribution in [3.05, 3.63) is 45.0 Å². The molecule has 1 heterocycles. The van der Waals surface area contributed by atoms with E-state index in [1.54, 1.807) is 0 Å². The minimum absolute atomic E-state index is 0.131. The van der Waals surface area contributed by atoms with E-state index in [9.17, 15) is 18.0 Å². The fraction of sp³-hybridized carbons (Fsp3) is 0.0833. The number of H-pyrrole nitrogens is 1. The highest BCUT2D eigenvalue weighted by Gasteiger charge is 2.38. The van der Waals surface area contributed by atoms with Gasteiger partial charge in [-0.3, -0.25) is 0 Å². The summed E-state index contributed by atoms with van der Waals surface area (Å²) in [5.41, 5.74) is -1.45. The van der Waals surface area contributed by atoms with Crippen LogP contribution in [0.2, 0.25) is 5.02 Å². The summed E-state index contributed by atoms with van der Waals surface area (Å²) in [6.45, 7) is 0. The molecule has 0 saturated carbocycles. The smallest absolute Gasteiger partial charge is 0.432 e. The highest BCUT2D eigenvalue weighted by molar-refractivity contribution is 9.10. The fourth-order valence-electron chi connectivity index (χ4n) is 1.71. The summed E-state index contributed by atoms with van der Waals surface area (Å²) in [6, 6.07) is 5.80. The molecule has 2 aromatic rings. The van der Waals surface area contributed by atoms with Crippen molar-refractivity contribution in [1.82, 2.24) is 4.98 Å². The van der Waals surface area contributed by atoms with E-state index < -0.39 is 27.9 Å². The number of hydrogen-bond donors (Lipinski definition) is 2. The number of carboxylic acid groups (broad SMARTS) is 1. The van der Waals surface area contributed by atoms with Crippen molar-refractivity contribution in [2.75, 3.05) is 0 Å². The van der Waals surface area contributed by atoms with E-state index in [0.29, 0.717) is 10.6 Å². The lowest BCUT2D eigenvalue weighted by molar-refractivity contribution is -0.141. The first-order valence-corrected chi connectivity index (χ1v) is 6.36. The van der Waals surface area contributed by atoms with Crippen LogP contribution in [0.4, 0.5) is 13.2 Å². The van der Waals surface area contributed by atoms with Crippen molar-refractivity contribution in [2.45, 2.75) is 6.18 Å². The molecule has 106 valence electrons. The predicted octanol–water partition coefficient (Wildman–Crippen LogP) is 4.81. The van der Waals surface area contributed by atoms with Crippen molar-refractivity contribution >= 4 is 33.5 Å². The third-order valence-electron chi connectivity index (χ3n) is 2.57. The van der Waals surface area contributed by atoms with Gasteiger partial charge in [0.05, 0.1) is 15.7 Å². The largest absolute Gasteiger partial charge is 0.478 e. The molecule has 0 aliphatic heterocycles. The maximum Gasteiger partial charge on any atom is 0.432 e. The van der Waals surface area contributed by atoms with E-state index >= 15 is 0 Å². The molecule has 1 aromatic carbocycles. The van der Waals surface area contributed by atoms with Gasteiger partial charge in [-0.05, 0) is 33.6 Å². The van der Waals surface area contributed by atoms with Gasteiger partial charge >= 0.3 is 12.1 Å². The van der Waals surface area contributed by atoms with Crippen molar-refractivity contribution in [3.8, 4) is 11.3 Å². The summed E-state index contributed by atoms with van der Waals surface area (Å²) in [5, 5.41) is 9.49. The molecular formula is C12H6BrClF3NO2. The van der Waals surface area contributed by atoms with Gasteiger partial charge in [-0.2, -0.15) is 13.2 Å². The molecule has 0 aliphatic carbocycles. The second-order valence-electron chi connectivity index (χ2n) is 3.87. The Kier molecular flexibility index (Phi) is 3.84. The van der Waals surface area contributed by atoms with Gasteiger partial charge in [0.1, 0.15) is 5.69 Å². The molecule has 0 amide bonds. The normalized spacial score (nSPS) is 11.7. The Morgan fingerprint density at radius 2 is 1.80 bits per heavy atom. The number of nitrogens with one attached hydrogen (secondary N) is 1. The average molecular weight is 369 g/mol. The van der Waals surface area contributed by atoms with Crippen LogP contribution in [0.15, 0.2) is 28.7 Å². The Labute approximate surface area is 124 Å². The highest BCUT2D eigenvalue weighted by Crippen LogP contribution is 2.40. The van der Waals surface area contributed by atoms with E-state index in [1.165, 1.54) is 24.3 Å². The lowest BCUT2D eigenvalue weighted by atomic mass is 10.1. The van der Waals surface area contributed by atoms with Gasteiger partial charge in [-0.25, -0.2) is 4.79 Å². The quantitative estimate of drug-likeness (QED) is 0.799. The summed E-state index contributed by atoms with van der Waals surface area (Å²) in [6.07, 6.45) is -4.69. The Morgan fingerprint density at radius 3 is 2.25 bits per heavy atom. The predicted molar refractivity (Wildman–Crippen MR) is 70.9 cm³/mol. The highest BCUT2D eigenvalue weighted by atomic mass is 79.9. The summed E-state index contributed by atoms with van der Waals surface area (Å²) in [7, 11) is 0. The Balaban J connectivity index is 2.69. The number of halogens is 5. The molecule has 0 saturated heterocycles. The Hall–Kier alpha value is -1.47. The summed E-state index contributed by atoms with van der Waals surface area (Å²) in [4.78, 5) is 13.3. The van der Waals surface area contributed by atoms with Crippen molar-refractivity contribution in [2.24, 2.45) is 0 Å². The molecule has 2 rings (SSSR count). The van der Waals surface area contributed by atoms with Crippen molar-refractivity contribution in [1.29, 1.82) is 0 Å². The lowest BCUT2D eigenvalue weighted by Crippen LogP contribution is -2.06. The molecule has 2 N–H and O–H groups in total. The van der Waals surface area contributed by atoms with Crippen LogP contribution in [0.25, 0.3) is 11.3 Å². The Bertz CT molecular complexity index is 665. The minimum atomic E-state index is -4.69. The van der Waals surface area contributed by atoms with Crippen LogP contribution < -0.4 is 0 Å². The average Bonchev–Trinajstić information content (AvgIpc) is 2.67. The molecule has 0 unspecified atom stereocenters. The number of aromatic nitrogens is 1. The number of carbonyl (C=O) groups is 1. The monoisotopic (exact) mass is 367 g/mol. The molecule has 0 radical (unpaired) electrons. The van der Waals surface area contributed by atoms with E-state index in [0.717, 1.165) is 0 Å². The third kappa shape index (κ3) is 2.69.